The van der Waals surface area contributed by atoms with Gasteiger partial charge in [0.25, 0.3) is 0 Å². The molecule has 0 saturated carbocycles. The van der Waals surface area contributed by atoms with Gasteiger partial charge in [-0.1, -0.05) is 6.07 Å². The Morgan fingerprint density at radius 2 is 2.06 bits per heavy atom. The topological polar surface area (TPSA) is 64.8 Å². The number of ether oxygens (including phenoxy) is 2. The van der Waals surface area contributed by atoms with Crippen molar-refractivity contribution >= 4 is 6.03 Å². The van der Waals surface area contributed by atoms with Crippen LogP contribution in [0, 0.1) is 0 Å². The molecule has 1 fully saturated rings. The molecule has 1 aliphatic rings. The molecule has 0 radical (unpaired) electrons. The Bertz CT molecular complexity index is 448. The number of nitrogens with two attached hydrogens (primary N) is 1. The maximum Gasteiger partial charge on any atom is 0.315 e. The molecule has 1 heterocycles. The fourth-order valence-electron chi connectivity index (χ4n) is 2.44. The van der Waals surface area contributed by atoms with Gasteiger partial charge in [0.15, 0.2) is 11.5 Å². The second-order valence-corrected chi connectivity index (χ2v) is 4.30. The van der Waals surface area contributed by atoms with Crippen molar-refractivity contribution in [3.8, 4) is 11.5 Å². The summed E-state index contributed by atoms with van der Waals surface area (Å²) in [6.07, 6.45) is 1.90. The van der Waals surface area contributed by atoms with Crippen LogP contribution >= 0.6 is 0 Å². The van der Waals surface area contributed by atoms with E-state index in [1.807, 2.05) is 18.2 Å². The Kier molecular flexibility index (Phi) is 3.60. The molecule has 0 spiro atoms. The van der Waals surface area contributed by atoms with Crippen molar-refractivity contribution < 1.29 is 14.3 Å². The highest BCUT2D eigenvalue weighted by molar-refractivity contribution is 5.73. The van der Waals surface area contributed by atoms with Crippen LogP contribution in [0.1, 0.15) is 24.4 Å². The number of rotatable bonds is 3. The van der Waals surface area contributed by atoms with Crippen molar-refractivity contribution in [3.63, 3.8) is 0 Å². The minimum absolute atomic E-state index is 0.0438. The van der Waals surface area contributed by atoms with Crippen molar-refractivity contribution in [2.24, 2.45) is 5.73 Å². The molecule has 2 amide bonds. The summed E-state index contributed by atoms with van der Waals surface area (Å²) in [5, 5.41) is 0. The SMILES string of the molecule is COc1ccc([C@H]2CCCN2C(N)=O)cc1OC. The molecule has 98 valence electrons. The third-order valence-electron chi connectivity index (χ3n) is 3.33. The fourth-order valence-corrected chi connectivity index (χ4v) is 2.44. The standard InChI is InChI=1S/C13H18N2O3/c1-17-11-6-5-9(8-12(11)18-2)10-4-3-7-15(10)13(14)16/h5-6,8,10H,3-4,7H2,1-2H3,(H2,14,16)/t10-/m1/s1. The first kappa shape index (κ1) is 12.5. The molecule has 1 saturated heterocycles. The highest BCUT2D eigenvalue weighted by Gasteiger charge is 2.29. The van der Waals surface area contributed by atoms with E-state index in [1.54, 1.807) is 19.1 Å². The number of nitrogens with zero attached hydrogens (tertiary/aromatic N) is 1. The van der Waals surface area contributed by atoms with E-state index in [9.17, 15) is 4.79 Å². The molecule has 5 nitrogen and oxygen atoms in total. The van der Waals surface area contributed by atoms with Crippen LogP contribution < -0.4 is 15.2 Å². The second-order valence-electron chi connectivity index (χ2n) is 4.30. The third kappa shape index (κ3) is 2.20. The number of likely N-dealkylation sites (tertiary alicyclic amines) is 1. The lowest BCUT2D eigenvalue weighted by atomic mass is 10.0. The quantitative estimate of drug-likeness (QED) is 0.891. The van der Waals surface area contributed by atoms with Gasteiger partial charge >= 0.3 is 6.03 Å². The van der Waals surface area contributed by atoms with Crippen molar-refractivity contribution in [3.05, 3.63) is 23.8 Å². The van der Waals surface area contributed by atoms with Crippen LogP contribution in [0.15, 0.2) is 18.2 Å². The Hall–Kier alpha value is -1.91. The molecule has 1 aromatic carbocycles. The van der Waals surface area contributed by atoms with E-state index in [4.69, 9.17) is 15.2 Å². The number of benzene rings is 1. The number of amides is 2. The van der Waals surface area contributed by atoms with Crippen LogP contribution in [0.4, 0.5) is 4.79 Å². The maximum absolute atomic E-state index is 11.4. The summed E-state index contributed by atoms with van der Waals surface area (Å²) in [6.45, 7) is 0.717. The lowest BCUT2D eigenvalue weighted by Gasteiger charge is -2.23. The van der Waals surface area contributed by atoms with Crippen LogP contribution in [0.5, 0.6) is 11.5 Å². The number of hydrogen-bond donors (Lipinski definition) is 1. The van der Waals surface area contributed by atoms with E-state index in [1.165, 1.54) is 0 Å². The van der Waals surface area contributed by atoms with E-state index < -0.39 is 0 Å². The maximum atomic E-state index is 11.4. The number of methoxy groups -OCH3 is 2. The number of carbonyl (C=O) groups is 1. The second kappa shape index (κ2) is 5.16. The van der Waals surface area contributed by atoms with E-state index in [2.05, 4.69) is 0 Å². The molecule has 0 bridgehead atoms. The fraction of sp³-hybridized carbons (Fsp3) is 0.462. The summed E-state index contributed by atoms with van der Waals surface area (Å²) in [6, 6.07) is 5.39. The Labute approximate surface area is 106 Å². The van der Waals surface area contributed by atoms with Crippen LogP contribution in [-0.2, 0) is 0 Å². The molecule has 18 heavy (non-hydrogen) atoms. The van der Waals surface area contributed by atoms with Gasteiger partial charge in [-0.05, 0) is 30.5 Å². The first-order chi connectivity index (χ1) is 8.67. The summed E-state index contributed by atoms with van der Waals surface area (Å²) in [5.74, 6) is 1.36. The summed E-state index contributed by atoms with van der Waals surface area (Å²) >= 11 is 0. The summed E-state index contributed by atoms with van der Waals surface area (Å²) in [5.41, 5.74) is 6.41. The van der Waals surface area contributed by atoms with E-state index in [0.717, 1.165) is 18.4 Å². The predicted octanol–water partition coefficient (Wildman–Crippen LogP) is 1.92. The largest absolute Gasteiger partial charge is 0.493 e. The van der Waals surface area contributed by atoms with Crippen LogP contribution in [-0.4, -0.2) is 31.7 Å². The smallest absolute Gasteiger partial charge is 0.315 e. The molecule has 1 aromatic rings. The Balaban J connectivity index is 2.30. The average molecular weight is 250 g/mol. The molecule has 2 rings (SSSR count). The van der Waals surface area contributed by atoms with Crippen LogP contribution in [0.3, 0.4) is 0 Å². The molecule has 5 heteroatoms. The number of carbonyl (C=O) groups excluding carboxylic acids is 1. The zero-order valence-electron chi connectivity index (χ0n) is 10.7. The van der Waals surface area contributed by atoms with Crippen LogP contribution in [0.2, 0.25) is 0 Å². The molecule has 2 N–H and O–H groups in total. The Morgan fingerprint density at radius 3 is 2.67 bits per heavy atom. The number of urea groups is 1. The van der Waals surface area contributed by atoms with Crippen LogP contribution in [0.25, 0.3) is 0 Å². The van der Waals surface area contributed by atoms with Crippen molar-refractivity contribution in [2.45, 2.75) is 18.9 Å². The van der Waals surface area contributed by atoms with Gasteiger partial charge in [0.2, 0.25) is 0 Å². The molecule has 1 atom stereocenters. The van der Waals surface area contributed by atoms with Gasteiger partial charge < -0.3 is 20.1 Å². The minimum Gasteiger partial charge on any atom is -0.493 e. The first-order valence-corrected chi connectivity index (χ1v) is 5.95. The zero-order valence-corrected chi connectivity index (χ0v) is 10.7. The Morgan fingerprint density at radius 1 is 1.33 bits per heavy atom. The predicted molar refractivity (Wildman–Crippen MR) is 67.8 cm³/mol. The van der Waals surface area contributed by atoms with Crippen molar-refractivity contribution in [1.29, 1.82) is 0 Å². The van der Waals surface area contributed by atoms with Gasteiger partial charge in [0.05, 0.1) is 20.3 Å². The van der Waals surface area contributed by atoms with E-state index >= 15 is 0 Å². The average Bonchev–Trinajstić information content (AvgIpc) is 2.87. The molecule has 0 aromatic heterocycles. The van der Waals surface area contributed by atoms with Gasteiger partial charge in [0.1, 0.15) is 0 Å². The molecule has 0 aliphatic carbocycles. The number of primary amides is 1. The number of hydrogen-bond acceptors (Lipinski definition) is 3. The zero-order chi connectivity index (χ0) is 13.1. The van der Waals surface area contributed by atoms with Crippen molar-refractivity contribution in [2.75, 3.05) is 20.8 Å². The molecular formula is C13H18N2O3. The van der Waals surface area contributed by atoms with Gasteiger partial charge in [0, 0.05) is 6.54 Å². The van der Waals surface area contributed by atoms with Gasteiger partial charge in [-0.25, -0.2) is 4.79 Å². The highest BCUT2D eigenvalue weighted by Crippen LogP contribution is 2.36. The summed E-state index contributed by atoms with van der Waals surface area (Å²) in [4.78, 5) is 13.1. The van der Waals surface area contributed by atoms with Gasteiger partial charge in [-0.2, -0.15) is 0 Å². The minimum atomic E-state index is -0.368. The summed E-state index contributed by atoms with van der Waals surface area (Å²) < 4.78 is 10.5. The lowest BCUT2D eigenvalue weighted by Crippen LogP contribution is -2.35. The van der Waals surface area contributed by atoms with E-state index in [0.29, 0.717) is 18.0 Å². The monoisotopic (exact) mass is 250 g/mol. The van der Waals surface area contributed by atoms with Crippen molar-refractivity contribution in [1.82, 2.24) is 4.90 Å². The molecular weight excluding hydrogens is 232 g/mol. The highest BCUT2D eigenvalue weighted by atomic mass is 16.5. The van der Waals surface area contributed by atoms with Gasteiger partial charge in [-0.15, -0.1) is 0 Å². The molecule has 1 aliphatic heterocycles. The van der Waals surface area contributed by atoms with Gasteiger partial charge in [-0.3, -0.25) is 0 Å². The molecule has 0 unspecified atom stereocenters. The first-order valence-electron chi connectivity index (χ1n) is 5.95. The van der Waals surface area contributed by atoms with E-state index in [-0.39, 0.29) is 12.1 Å². The third-order valence-corrected chi connectivity index (χ3v) is 3.33. The normalized spacial score (nSPS) is 18.8. The summed E-state index contributed by atoms with van der Waals surface area (Å²) in [7, 11) is 3.20. The lowest BCUT2D eigenvalue weighted by molar-refractivity contribution is 0.203.